The van der Waals surface area contributed by atoms with Gasteiger partial charge >= 0.3 is 0 Å². The van der Waals surface area contributed by atoms with E-state index in [9.17, 15) is 14.4 Å². The number of hydrogen-bond acceptors (Lipinski definition) is 7. The van der Waals surface area contributed by atoms with Gasteiger partial charge in [-0.05, 0) is 50.9 Å². The zero-order valence-corrected chi connectivity index (χ0v) is 20.2. The number of carbonyl (C=O) groups is 3. The number of pyridine rings is 1. The van der Waals surface area contributed by atoms with Crippen molar-refractivity contribution in [3.63, 3.8) is 0 Å². The van der Waals surface area contributed by atoms with Gasteiger partial charge in [-0.1, -0.05) is 0 Å². The molecule has 34 heavy (non-hydrogen) atoms. The number of rotatable bonds is 9. The van der Waals surface area contributed by atoms with Crippen LogP contribution in [0.5, 0.6) is 0 Å². The normalized spacial score (nSPS) is 17.8. The maximum absolute atomic E-state index is 13.0. The second-order valence-corrected chi connectivity index (χ2v) is 9.31. The van der Waals surface area contributed by atoms with Crippen LogP contribution in [-0.4, -0.2) is 95.0 Å². The van der Waals surface area contributed by atoms with Crippen LogP contribution in [0.4, 0.5) is 5.82 Å². The zero-order chi connectivity index (χ0) is 24.1. The third kappa shape index (κ3) is 5.61. The molecule has 0 unspecified atom stereocenters. The molecule has 184 valence electrons. The minimum Gasteiger partial charge on any atom is -0.348 e. The largest absolute Gasteiger partial charge is 0.348 e. The van der Waals surface area contributed by atoms with Gasteiger partial charge in [0.2, 0.25) is 5.91 Å². The lowest BCUT2D eigenvalue weighted by Gasteiger charge is -2.33. The van der Waals surface area contributed by atoms with Crippen LogP contribution in [0, 0.1) is 0 Å². The predicted molar refractivity (Wildman–Crippen MR) is 130 cm³/mol. The number of aryl methyl sites for hydroxylation is 1. The number of amides is 2. The topological polar surface area (TPSA) is 104 Å². The number of aldehydes is 1. The number of fused-ring (bicyclic) bond motifs is 1. The number of piperidine rings is 1. The number of nitrogens with zero attached hydrogens (tertiary/aromatic N) is 6. The monoisotopic (exact) mass is 469 g/mol. The Morgan fingerprint density at radius 2 is 1.79 bits per heavy atom. The number of anilines is 1. The molecule has 4 heterocycles. The van der Waals surface area contributed by atoms with E-state index in [1.54, 1.807) is 30.9 Å². The van der Waals surface area contributed by atoms with Crippen LogP contribution in [0.25, 0.3) is 11.0 Å². The summed E-state index contributed by atoms with van der Waals surface area (Å²) in [6, 6.07) is 3.63. The molecule has 0 aromatic carbocycles. The van der Waals surface area contributed by atoms with Crippen LogP contribution < -0.4 is 10.2 Å². The summed E-state index contributed by atoms with van der Waals surface area (Å²) >= 11 is 0. The third-order valence-corrected chi connectivity index (χ3v) is 6.93. The minimum atomic E-state index is -0.189. The van der Waals surface area contributed by atoms with Gasteiger partial charge in [0.25, 0.3) is 5.91 Å². The molecule has 2 amide bonds. The lowest BCUT2D eigenvalue weighted by molar-refractivity contribution is -0.120. The first kappa shape index (κ1) is 24.3. The molecular weight excluding hydrogens is 434 g/mol. The maximum Gasteiger partial charge on any atom is 0.272 e. The molecule has 4 rings (SSSR count). The van der Waals surface area contributed by atoms with E-state index >= 15 is 0 Å². The molecule has 2 saturated heterocycles. The molecule has 2 aliphatic rings. The summed E-state index contributed by atoms with van der Waals surface area (Å²) in [5.74, 6) is 0.0802. The van der Waals surface area contributed by atoms with Gasteiger partial charge in [-0.2, -0.15) is 5.10 Å². The number of nitrogens with one attached hydrogen (secondary N) is 1. The van der Waals surface area contributed by atoms with Gasteiger partial charge in [0.1, 0.15) is 12.1 Å². The molecule has 2 fully saturated rings. The van der Waals surface area contributed by atoms with Gasteiger partial charge in [0, 0.05) is 59.2 Å². The van der Waals surface area contributed by atoms with Crippen molar-refractivity contribution in [1.82, 2.24) is 29.9 Å². The average molecular weight is 470 g/mol. The Morgan fingerprint density at radius 1 is 1.12 bits per heavy atom. The van der Waals surface area contributed by atoms with E-state index in [4.69, 9.17) is 0 Å². The number of likely N-dealkylation sites (tertiary alicyclic amines) is 2. The quantitative estimate of drug-likeness (QED) is 0.551. The molecule has 0 saturated carbocycles. The molecular formula is C24H35N7O3. The first-order valence-electron chi connectivity index (χ1n) is 12.3. The van der Waals surface area contributed by atoms with Gasteiger partial charge in [0.15, 0.2) is 11.3 Å². The highest BCUT2D eigenvalue weighted by atomic mass is 16.2. The summed E-state index contributed by atoms with van der Waals surface area (Å²) in [5.41, 5.74) is 0.886. The van der Waals surface area contributed by atoms with Crippen molar-refractivity contribution in [1.29, 1.82) is 0 Å². The second kappa shape index (κ2) is 11.1. The van der Waals surface area contributed by atoms with Crippen LogP contribution in [0.1, 0.15) is 49.0 Å². The summed E-state index contributed by atoms with van der Waals surface area (Å²) in [4.78, 5) is 46.8. The fraction of sp³-hybridized carbons (Fsp3) is 0.625. The van der Waals surface area contributed by atoms with Crippen molar-refractivity contribution in [2.45, 2.75) is 44.6 Å². The van der Waals surface area contributed by atoms with E-state index in [-0.39, 0.29) is 30.7 Å². The first-order chi connectivity index (χ1) is 16.5. The maximum atomic E-state index is 13.0. The molecule has 0 aliphatic carbocycles. The van der Waals surface area contributed by atoms with Crippen LogP contribution in [0.2, 0.25) is 0 Å². The summed E-state index contributed by atoms with van der Waals surface area (Å²) in [5, 5.41) is 8.23. The van der Waals surface area contributed by atoms with Crippen molar-refractivity contribution in [2.75, 3.05) is 51.2 Å². The van der Waals surface area contributed by atoms with Crippen molar-refractivity contribution < 1.29 is 14.4 Å². The van der Waals surface area contributed by atoms with Gasteiger partial charge in [0.05, 0.1) is 5.39 Å². The number of aromatic nitrogens is 3. The lowest BCUT2D eigenvalue weighted by atomic mass is 10.0. The molecule has 10 heteroatoms. The third-order valence-electron chi connectivity index (χ3n) is 6.93. The van der Waals surface area contributed by atoms with E-state index in [1.807, 2.05) is 0 Å². The van der Waals surface area contributed by atoms with Gasteiger partial charge < -0.3 is 19.9 Å². The highest BCUT2D eigenvalue weighted by molar-refractivity contribution is 6.04. The van der Waals surface area contributed by atoms with E-state index < -0.39 is 0 Å². The number of hydrogen-bond donors (Lipinski definition) is 1. The smallest absolute Gasteiger partial charge is 0.272 e. The van der Waals surface area contributed by atoms with E-state index in [0.717, 1.165) is 45.3 Å². The van der Waals surface area contributed by atoms with Gasteiger partial charge in [-0.15, -0.1) is 0 Å². The summed E-state index contributed by atoms with van der Waals surface area (Å²) < 4.78 is 1.57. The van der Waals surface area contributed by atoms with Crippen LogP contribution in [-0.2, 0) is 16.6 Å². The van der Waals surface area contributed by atoms with E-state index in [2.05, 4.69) is 25.2 Å². The lowest BCUT2D eigenvalue weighted by Crippen LogP contribution is -2.46. The molecule has 2 aliphatic heterocycles. The summed E-state index contributed by atoms with van der Waals surface area (Å²) in [6.45, 7) is 6.70. The Hall–Kier alpha value is -2.85. The Balaban J connectivity index is 1.34. The molecule has 2 aromatic rings. The van der Waals surface area contributed by atoms with Crippen LogP contribution in [0.3, 0.4) is 0 Å². The average Bonchev–Trinajstić information content (AvgIpc) is 3.49. The summed E-state index contributed by atoms with van der Waals surface area (Å²) in [7, 11) is 3.37. The Morgan fingerprint density at radius 3 is 2.47 bits per heavy atom. The van der Waals surface area contributed by atoms with E-state index in [0.29, 0.717) is 22.5 Å². The summed E-state index contributed by atoms with van der Waals surface area (Å²) in [6.07, 6.45) is 5.56. The SMILES string of the molecule is CN(C(=O)CCC=O)c1ccc2c(C(=O)NC3CCN(CCN4CCCC4)CC3)nn(C)c2n1. The second-order valence-electron chi connectivity index (χ2n) is 9.31. The van der Waals surface area contributed by atoms with Crippen molar-refractivity contribution in [3.05, 3.63) is 17.8 Å². The molecule has 1 N–H and O–H groups in total. The Labute approximate surface area is 200 Å². The van der Waals surface area contributed by atoms with Crippen LogP contribution in [0.15, 0.2) is 12.1 Å². The standard InChI is InChI=1S/C24H35N7O3/c1-28(21(33)6-5-17-32)20-8-7-19-22(27-29(2)23(19)26-20)24(34)25-18-9-13-31(14-10-18)16-15-30-11-3-4-12-30/h7-8,17-18H,3-6,9-16H2,1-2H3,(H,25,34). The highest BCUT2D eigenvalue weighted by Gasteiger charge is 2.25. The predicted octanol–water partition coefficient (Wildman–Crippen LogP) is 1.20. The highest BCUT2D eigenvalue weighted by Crippen LogP contribution is 2.22. The molecule has 2 aromatic heterocycles. The molecule has 0 spiro atoms. The zero-order valence-electron chi connectivity index (χ0n) is 20.2. The molecule has 10 nitrogen and oxygen atoms in total. The molecule has 0 bridgehead atoms. The van der Waals surface area contributed by atoms with Crippen molar-refractivity contribution in [3.8, 4) is 0 Å². The fourth-order valence-corrected chi connectivity index (χ4v) is 4.80. The van der Waals surface area contributed by atoms with Crippen LogP contribution >= 0.6 is 0 Å². The first-order valence-corrected chi connectivity index (χ1v) is 12.3. The number of carbonyl (C=O) groups excluding carboxylic acids is 3. The van der Waals surface area contributed by atoms with Crippen molar-refractivity contribution in [2.24, 2.45) is 7.05 Å². The fourth-order valence-electron chi connectivity index (χ4n) is 4.80. The van der Waals surface area contributed by atoms with Gasteiger partial charge in [-0.25, -0.2) is 9.67 Å². The Kier molecular flexibility index (Phi) is 7.89. The van der Waals surface area contributed by atoms with Crippen molar-refractivity contribution >= 4 is 35.0 Å². The Bertz CT molecular complexity index is 1020. The molecule has 0 atom stereocenters. The minimum absolute atomic E-state index is 0.135. The van der Waals surface area contributed by atoms with E-state index in [1.165, 1.54) is 30.8 Å². The molecule has 0 radical (unpaired) electrons. The van der Waals surface area contributed by atoms with Gasteiger partial charge in [-0.3, -0.25) is 14.5 Å².